The van der Waals surface area contributed by atoms with E-state index in [1.165, 1.54) is 16.7 Å². The van der Waals surface area contributed by atoms with Crippen LogP contribution in [0.5, 0.6) is 0 Å². The molecule has 2 rings (SSSR count). The number of aryl methyl sites for hydroxylation is 2. The van der Waals surface area contributed by atoms with Crippen molar-refractivity contribution < 1.29 is 0 Å². The Morgan fingerprint density at radius 3 is 2.48 bits per heavy atom. The maximum atomic E-state index is 6.24. The van der Waals surface area contributed by atoms with E-state index in [4.69, 9.17) is 11.6 Å². The van der Waals surface area contributed by atoms with Crippen molar-refractivity contribution in [1.29, 1.82) is 0 Å². The smallest absolute Gasteiger partial charge is 0.0590 e. The molecule has 1 unspecified atom stereocenters. The summed E-state index contributed by atoms with van der Waals surface area (Å²) in [5.41, 5.74) is 4.88. The lowest BCUT2D eigenvalue weighted by Gasteiger charge is -2.23. The summed E-state index contributed by atoms with van der Waals surface area (Å²) in [6, 6.07) is 12.8. The van der Waals surface area contributed by atoms with Gasteiger partial charge in [0.1, 0.15) is 0 Å². The molecule has 2 aromatic carbocycles. The van der Waals surface area contributed by atoms with Gasteiger partial charge in [-0.25, -0.2) is 0 Å². The van der Waals surface area contributed by atoms with Crippen LogP contribution in [-0.4, -0.2) is 6.54 Å². The van der Waals surface area contributed by atoms with Crippen LogP contribution in [0.3, 0.4) is 0 Å². The zero-order chi connectivity index (χ0) is 15.4. The first-order valence-electron chi connectivity index (χ1n) is 7.29. The average molecular weight is 367 g/mol. The van der Waals surface area contributed by atoms with Gasteiger partial charge >= 0.3 is 0 Å². The molecule has 0 amide bonds. The third-order valence-corrected chi connectivity index (χ3v) is 4.80. The molecule has 0 aliphatic rings. The van der Waals surface area contributed by atoms with Gasteiger partial charge in [-0.1, -0.05) is 58.7 Å². The largest absolute Gasteiger partial charge is 0.306 e. The molecule has 112 valence electrons. The summed E-state index contributed by atoms with van der Waals surface area (Å²) < 4.78 is 1.13. The molecule has 0 saturated carbocycles. The van der Waals surface area contributed by atoms with E-state index in [0.29, 0.717) is 0 Å². The number of hydrogen-bond acceptors (Lipinski definition) is 1. The molecule has 0 bridgehead atoms. The van der Waals surface area contributed by atoms with Crippen molar-refractivity contribution in [3.05, 3.63) is 68.1 Å². The molecule has 0 heterocycles. The Morgan fingerprint density at radius 2 is 1.81 bits per heavy atom. The second-order valence-electron chi connectivity index (χ2n) is 5.37. The number of nitrogens with one attached hydrogen (secondary N) is 1. The molecule has 21 heavy (non-hydrogen) atoms. The van der Waals surface area contributed by atoms with Crippen LogP contribution < -0.4 is 5.32 Å². The summed E-state index contributed by atoms with van der Waals surface area (Å²) >= 11 is 9.92. The molecular formula is C18H21BrClN. The maximum Gasteiger partial charge on any atom is 0.0590 e. The summed E-state index contributed by atoms with van der Waals surface area (Å²) in [5, 5.41) is 4.49. The molecule has 0 aromatic heterocycles. The van der Waals surface area contributed by atoms with Gasteiger partial charge in [0.05, 0.1) is 6.04 Å². The Hall–Kier alpha value is -0.830. The molecular weight excluding hydrogens is 346 g/mol. The van der Waals surface area contributed by atoms with Crippen molar-refractivity contribution in [3.8, 4) is 0 Å². The van der Waals surface area contributed by atoms with E-state index in [0.717, 1.165) is 28.0 Å². The molecule has 2 aromatic rings. The summed E-state index contributed by atoms with van der Waals surface area (Å²) in [4.78, 5) is 0. The fraction of sp³-hybridized carbons (Fsp3) is 0.333. The second-order valence-corrected chi connectivity index (χ2v) is 6.63. The van der Waals surface area contributed by atoms with Crippen LogP contribution in [-0.2, 0) is 0 Å². The number of halogens is 2. The van der Waals surface area contributed by atoms with Gasteiger partial charge < -0.3 is 5.32 Å². The molecule has 3 heteroatoms. The Morgan fingerprint density at radius 1 is 1.10 bits per heavy atom. The molecule has 1 nitrogen and oxygen atoms in total. The van der Waals surface area contributed by atoms with Gasteiger partial charge in [0.2, 0.25) is 0 Å². The third kappa shape index (κ3) is 3.88. The first-order chi connectivity index (χ1) is 10.0. The number of hydrogen-bond donors (Lipinski definition) is 1. The lowest BCUT2D eigenvalue weighted by atomic mass is 9.93. The van der Waals surface area contributed by atoms with Gasteiger partial charge in [0.25, 0.3) is 0 Å². The van der Waals surface area contributed by atoms with Gasteiger partial charge in [0.15, 0.2) is 0 Å². The summed E-state index contributed by atoms with van der Waals surface area (Å²) in [6.45, 7) is 7.34. The first-order valence-corrected chi connectivity index (χ1v) is 8.46. The highest BCUT2D eigenvalue weighted by molar-refractivity contribution is 9.10. The summed E-state index contributed by atoms with van der Waals surface area (Å²) in [5.74, 6) is 0. The Balaban J connectivity index is 2.51. The fourth-order valence-electron chi connectivity index (χ4n) is 2.50. The van der Waals surface area contributed by atoms with Gasteiger partial charge in [-0.15, -0.1) is 0 Å². The van der Waals surface area contributed by atoms with Crippen LogP contribution in [0.2, 0.25) is 5.02 Å². The maximum absolute atomic E-state index is 6.24. The van der Waals surface area contributed by atoms with Crippen molar-refractivity contribution in [2.75, 3.05) is 6.54 Å². The molecule has 0 fully saturated rings. The average Bonchev–Trinajstić information content (AvgIpc) is 2.46. The van der Waals surface area contributed by atoms with Crippen molar-refractivity contribution in [2.45, 2.75) is 33.2 Å². The van der Waals surface area contributed by atoms with E-state index in [-0.39, 0.29) is 6.04 Å². The van der Waals surface area contributed by atoms with E-state index in [2.05, 4.69) is 72.3 Å². The van der Waals surface area contributed by atoms with Crippen LogP contribution in [0.1, 0.15) is 41.6 Å². The normalized spacial score (nSPS) is 12.4. The number of rotatable bonds is 5. The van der Waals surface area contributed by atoms with Gasteiger partial charge in [0, 0.05) is 9.50 Å². The molecule has 1 N–H and O–H groups in total. The quantitative estimate of drug-likeness (QED) is 0.704. The molecule has 0 spiro atoms. The third-order valence-electron chi connectivity index (χ3n) is 3.67. The minimum absolute atomic E-state index is 0.177. The van der Waals surface area contributed by atoms with Crippen LogP contribution in [0, 0.1) is 13.8 Å². The monoisotopic (exact) mass is 365 g/mol. The van der Waals surface area contributed by atoms with Crippen molar-refractivity contribution in [3.63, 3.8) is 0 Å². The fourth-order valence-corrected chi connectivity index (χ4v) is 3.23. The minimum atomic E-state index is 0.177. The SMILES string of the molecule is CCCNC(c1cc(C)c(Cl)cc1C)c1ccccc1Br. The van der Waals surface area contributed by atoms with Crippen LogP contribution in [0.4, 0.5) is 0 Å². The van der Waals surface area contributed by atoms with Crippen LogP contribution >= 0.6 is 27.5 Å². The van der Waals surface area contributed by atoms with Gasteiger partial charge in [-0.05, 0) is 61.2 Å². The lowest BCUT2D eigenvalue weighted by Crippen LogP contribution is -2.24. The van der Waals surface area contributed by atoms with Crippen LogP contribution in [0.25, 0.3) is 0 Å². The highest BCUT2D eigenvalue weighted by Crippen LogP contribution is 2.32. The van der Waals surface area contributed by atoms with E-state index < -0.39 is 0 Å². The van der Waals surface area contributed by atoms with Gasteiger partial charge in [-0.2, -0.15) is 0 Å². The van der Waals surface area contributed by atoms with Crippen LogP contribution in [0.15, 0.2) is 40.9 Å². The van der Waals surface area contributed by atoms with E-state index >= 15 is 0 Å². The zero-order valence-electron chi connectivity index (χ0n) is 12.7. The molecule has 0 radical (unpaired) electrons. The highest BCUT2D eigenvalue weighted by atomic mass is 79.9. The Kier molecular flexibility index (Phi) is 5.86. The summed E-state index contributed by atoms with van der Waals surface area (Å²) in [7, 11) is 0. The lowest BCUT2D eigenvalue weighted by molar-refractivity contribution is 0.594. The Labute approximate surface area is 140 Å². The molecule has 1 atom stereocenters. The molecule has 0 saturated heterocycles. The molecule has 0 aliphatic carbocycles. The van der Waals surface area contributed by atoms with Gasteiger partial charge in [-0.3, -0.25) is 0 Å². The predicted molar refractivity (Wildman–Crippen MR) is 95.2 cm³/mol. The predicted octanol–water partition coefficient (Wildman–Crippen LogP) is 5.81. The standard InChI is InChI=1S/C18H21BrClN/c1-4-9-21-18(14-7-5-6-8-16(14)19)15-10-13(3)17(20)11-12(15)2/h5-8,10-11,18,21H,4,9H2,1-3H3. The van der Waals surface area contributed by atoms with E-state index in [1.807, 2.05) is 6.07 Å². The molecule has 0 aliphatic heterocycles. The second kappa shape index (κ2) is 7.44. The first kappa shape index (κ1) is 16.5. The topological polar surface area (TPSA) is 12.0 Å². The Bertz CT molecular complexity index is 625. The zero-order valence-corrected chi connectivity index (χ0v) is 15.1. The van der Waals surface area contributed by atoms with Crippen molar-refractivity contribution >= 4 is 27.5 Å². The van der Waals surface area contributed by atoms with E-state index in [9.17, 15) is 0 Å². The van der Waals surface area contributed by atoms with Crippen molar-refractivity contribution in [1.82, 2.24) is 5.32 Å². The minimum Gasteiger partial charge on any atom is -0.306 e. The summed E-state index contributed by atoms with van der Waals surface area (Å²) in [6.07, 6.45) is 1.10. The van der Waals surface area contributed by atoms with Crippen molar-refractivity contribution in [2.24, 2.45) is 0 Å². The highest BCUT2D eigenvalue weighted by Gasteiger charge is 2.18. The number of benzene rings is 2. The van der Waals surface area contributed by atoms with E-state index in [1.54, 1.807) is 0 Å².